The van der Waals surface area contributed by atoms with E-state index in [1.807, 2.05) is 42.1 Å². The van der Waals surface area contributed by atoms with Gasteiger partial charge in [0.2, 0.25) is 5.78 Å². The SMILES string of the molecule is CN(C)C(=O)c1ccccc1-c1ccnc2c1c(C=C1Oc3cccc(O)c3C1=O)cn2C. The van der Waals surface area contributed by atoms with E-state index in [0.29, 0.717) is 17.0 Å². The molecule has 3 heterocycles. The Balaban J connectivity index is 1.71. The minimum absolute atomic E-state index is 0.105. The Morgan fingerprint density at radius 3 is 2.64 bits per heavy atom. The van der Waals surface area contributed by atoms with E-state index in [0.717, 1.165) is 22.1 Å². The lowest BCUT2D eigenvalue weighted by molar-refractivity contribution is 0.0828. The third-order valence-corrected chi connectivity index (χ3v) is 5.70. The van der Waals surface area contributed by atoms with Crippen molar-refractivity contribution in [3.8, 4) is 22.6 Å². The third kappa shape index (κ3) is 3.25. The highest BCUT2D eigenvalue weighted by Crippen LogP contribution is 2.39. The number of allylic oxidation sites excluding steroid dienone is 1. The fourth-order valence-electron chi connectivity index (χ4n) is 4.17. The van der Waals surface area contributed by atoms with Crippen molar-refractivity contribution in [3.05, 3.63) is 83.4 Å². The number of phenols is 1. The van der Waals surface area contributed by atoms with Gasteiger partial charge in [0.1, 0.15) is 22.7 Å². The maximum atomic E-state index is 12.9. The first-order valence-electron chi connectivity index (χ1n) is 10.4. The number of hydrogen-bond donors (Lipinski definition) is 1. The smallest absolute Gasteiger partial charge is 0.253 e. The van der Waals surface area contributed by atoms with E-state index in [1.165, 1.54) is 6.07 Å². The standard InChI is InChI=1S/C26H21N3O4/c1-28(2)26(32)18-8-5-4-7-16(18)17-11-12-27-25-22(17)15(14-29(25)3)13-21-24(31)23-19(30)9-6-10-20(23)33-21/h4-14,30H,1-3H3. The fourth-order valence-corrected chi connectivity index (χ4v) is 4.17. The highest BCUT2D eigenvalue weighted by atomic mass is 16.5. The number of carbonyl (C=O) groups is 2. The summed E-state index contributed by atoms with van der Waals surface area (Å²) in [5.74, 6) is -0.157. The average Bonchev–Trinajstić information content (AvgIpc) is 3.30. The summed E-state index contributed by atoms with van der Waals surface area (Å²) in [5.41, 5.74) is 3.75. The van der Waals surface area contributed by atoms with Gasteiger partial charge in [0.25, 0.3) is 5.91 Å². The summed E-state index contributed by atoms with van der Waals surface area (Å²) in [6.07, 6.45) is 5.23. The fraction of sp³-hybridized carbons (Fsp3) is 0.115. The van der Waals surface area contributed by atoms with Crippen molar-refractivity contribution < 1.29 is 19.4 Å². The molecule has 1 amide bonds. The van der Waals surface area contributed by atoms with Crippen molar-refractivity contribution >= 4 is 28.8 Å². The summed E-state index contributed by atoms with van der Waals surface area (Å²) in [6.45, 7) is 0. The molecule has 1 aliphatic rings. The minimum atomic E-state index is -0.381. The van der Waals surface area contributed by atoms with Crippen LogP contribution in [0.5, 0.6) is 11.5 Å². The normalized spacial score (nSPS) is 13.9. The highest BCUT2D eigenvalue weighted by Gasteiger charge is 2.31. The first kappa shape index (κ1) is 20.5. The first-order chi connectivity index (χ1) is 15.9. The summed E-state index contributed by atoms with van der Waals surface area (Å²) in [5, 5.41) is 10.9. The van der Waals surface area contributed by atoms with Gasteiger partial charge in [-0.25, -0.2) is 4.98 Å². The van der Waals surface area contributed by atoms with Crippen LogP contribution in [0.15, 0.2) is 66.7 Å². The second-order valence-electron chi connectivity index (χ2n) is 8.09. The molecule has 0 atom stereocenters. The molecule has 2 aromatic heterocycles. The number of fused-ring (bicyclic) bond motifs is 2. The number of phenolic OH excluding ortho intramolecular Hbond substituents is 1. The lowest BCUT2D eigenvalue weighted by Gasteiger charge is -2.15. The number of benzene rings is 2. The number of rotatable bonds is 3. The number of pyridine rings is 1. The molecule has 0 fully saturated rings. The predicted molar refractivity (Wildman–Crippen MR) is 125 cm³/mol. The van der Waals surface area contributed by atoms with E-state index in [4.69, 9.17) is 4.74 Å². The monoisotopic (exact) mass is 439 g/mol. The number of hydrogen-bond acceptors (Lipinski definition) is 5. The van der Waals surface area contributed by atoms with Crippen LogP contribution >= 0.6 is 0 Å². The molecule has 0 bridgehead atoms. The van der Waals surface area contributed by atoms with Crippen LogP contribution in [-0.4, -0.2) is 45.3 Å². The maximum absolute atomic E-state index is 12.9. The van der Waals surface area contributed by atoms with Crippen LogP contribution < -0.4 is 4.74 Å². The predicted octanol–water partition coefficient (Wildman–Crippen LogP) is 4.26. The Morgan fingerprint density at radius 1 is 1.09 bits per heavy atom. The van der Waals surface area contributed by atoms with Crippen molar-refractivity contribution in [3.63, 3.8) is 0 Å². The Morgan fingerprint density at radius 2 is 1.88 bits per heavy atom. The number of nitrogens with zero attached hydrogens (tertiary/aromatic N) is 3. The number of ketones is 1. The molecule has 4 aromatic rings. The van der Waals surface area contributed by atoms with Gasteiger partial charge in [0, 0.05) is 50.0 Å². The molecule has 1 aliphatic heterocycles. The van der Waals surface area contributed by atoms with Crippen molar-refractivity contribution in [2.75, 3.05) is 14.1 Å². The summed E-state index contributed by atoms with van der Waals surface area (Å²) in [7, 11) is 5.31. The molecule has 0 aliphatic carbocycles. The number of aryl methyl sites for hydroxylation is 1. The van der Waals surface area contributed by atoms with E-state index in [2.05, 4.69) is 4.98 Å². The van der Waals surface area contributed by atoms with Gasteiger partial charge in [-0.1, -0.05) is 24.3 Å². The number of amides is 1. The number of Topliss-reactive ketones (excluding diaryl/α,β-unsaturated/α-hetero) is 1. The van der Waals surface area contributed by atoms with Crippen LogP contribution in [0.2, 0.25) is 0 Å². The summed E-state index contributed by atoms with van der Waals surface area (Å²) >= 11 is 0. The Bertz CT molecular complexity index is 1480. The second-order valence-corrected chi connectivity index (χ2v) is 8.09. The van der Waals surface area contributed by atoms with Crippen LogP contribution in [0.1, 0.15) is 26.3 Å². The highest BCUT2D eigenvalue weighted by molar-refractivity contribution is 6.17. The van der Waals surface area contributed by atoms with Crippen LogP contribution in [-0.2, 0) is 7.05 Å². The zero-order valence-electron chi connectivity index (χ0n) is 18.4. The summed E-state index contributed by atoms with van der Waals surface area (Å²) < 4.78 is 7.63. The Kier molecular flexibility index (Phi) is 4.74. The van der Waals surface area contributed by atoms with Crippen molar-refractivity contribution in [2.45, 2.75) is 0 Å². The lowest BCUT2D eigenvalue weighted by Crippen LogP contribution is -2.22. The Labute approximate surface area is 190 Å². The first-order valence-corrected chi connectivity index (χ1v) is 10.4. The van der Waals surface area contributed by atoms with Crippen molar-refractivity contribution in [2.24, 2.45) is 7.05 Å². The van der Waals surface area contributed by atoms with Crippen molar-refractivity contribution in [1.82, 2.24) is 14.5 Å². The number of carbonyl (C=O) groups excluding carboxylic acids is 2. The zero-order chi connectivity index (χ0) is 23.3. The van der Waals surface area contributed by atoms with E-state index in [9.17, 15) is 14.7 Å². The van der Waals surface area contributed by atoms with Gasteiger partial charge in [-0.15, -0.1) is 0 Å². The molecule has 0 saturated heterocycles. The van der Waals surface area contributed by atoms with Crippen LogP contribution in [0, 0.1) is 0 Å². The molecule has 5 rings (SSSR count). The topological polar surface area (TPSA) is 84.7 Å². The van der Waals surface area contributed by atoms with Gasteiger partial charge in [-0.2, -0.15) is 0 Å². The molecule has 0 unspecified atom stereocenters. The van der Waals surface area contributed by atoms with Gasteiger partial charge in [-0.05, 0) is 41.5 Å². The zero-order valence-corrected chi connectivity index (χ0v) is 18.4. The molecular formula is C26H21N3O4. The van der Waals surface area contributed by atoms with E-state index >= 15 is 0 Å². The molecule has 2 aromatic carbocycles. The van der Waals surface area contributed by atoms with Gasteiger partial charge in [0.15, 0.2) is 5.76 Å². The quantitative estimate of drug-likeness (QED) is 0.482. The molecule has 7 nitrogen and oxygen atoms in total. The van der Waals surface area contributed by atoms with E-state index in [1.54, 1.807) is 49.5 Å². The van der Waals surface area contributed by atoms with E-state index in [-0.39, 0.29) is 28.8 Å². The van der Waals surface area contributed by atoms with Gasteiger partial charge < -0.3 is 19.3 Å². The minimum Gasteiger partial charge on any atom is -0.507 e. The van der Waals surface area contributed by atoms with Crippen LogP contribution in [0.4, 0.5) is 0 Å². The van der Waals surface area contributed by atoms with Gasteiger partial charge in [0.05, 0.1) is 0 Å². The molecule has 7 heteroatoms. The molecule has 0 radical (unpaired) electrons. The molecule has 164 valence electrons. The third-order valence-electron chi connectivity index (χ3n) is 5.70. The van der Waals surface area contributed by atoms with Crippen molar-refractivity contribution in [1.29, 1.82) is 0 Å². The molecule has 0 saturated carbocycles. The number of aromatic hydroxyl groups is 1. The summed E-state index contributed by atoms with van der Waals surface area (Å²) in [4.78, 5) is 31.8. The average molecular weight is 439 g/mol. The molecule has 33 heavy (non-hydrogen) atoms. The van der Waals surface area contributed by atoms with Crippen LogP contribution in [0.3, 0.4) is 0 Å². The number of ether oxygens (including phenoxy) is 1. The molecular weight excluding hydrogens is 418 g/mol. The maximum Gasteiger partial charge on any atom is 0.253 e. The second kappa shape index (κ2) is 7.63. The van der Waals surface area contributed by atoms with Crippen LogP contribution in [0.25, 0.3) is 28.2 Å². The van der Waals surface area contributed by atoms with E-state index < -0.39 is 0 Å². The Hall–Kier alpha value is -4.39. The lowest BCUT2D eigenvalue weighted by atomic mass is 9.95. The van der Waals surface area contributed by atoms with Gasteiger partial charge in [-0.3, -0.25) is 9.59 Å². The largest absolute Gasteiger partial charge is 0.507 e. The molecule has 0 spiro atoms. The number of aromatic nitrogens is 2. The molecule has 1 N–H and O–H groups in total. The summed E-state index contributed by atoms with van der Waals surface area (Å²) in [6, 6.07) is 14.0. The van der Waals surface area contributed by atoms with Gasteiger partial charge >= 0.3 is 0 Å².